The Kier molecular flexibility index (Phi) is 5.45. The summed E-state index contributed by atoms with van der Waals surface area (Å²) in [4.78, 5) is 22.4. The molecule has 0 spiro atoms. The molecular formula is C18H23N5O2. The highest BCUT2D eigenvalue weighted by molar-refractivity contribution is 5.88. The minimum absolute atomic E-state index is 0.276. The summed E-state index contributed by atoms with van der Waals surface area (Å²) in [5.74, 6) is 1.61. The van der Waals surface area contributed by atoms with Crippen LogP contribution in [0.3, 0.4) is 0 Å². The molecule has 2 amide bonds. The second-order valence-corrected chi connectivity index (χ2v) is 6.28. The number of hydrogen-bond donors (Lipinski definition) is 2. The SMILES string of the molecule is COc1cc(NC(=O)NC[C@@H]2CN(C)C[C@H]2c2ccccc2)ncn1. The van der Waals surface area contributed by atoms with E-state index in [1.54, 1.807) is 6.07 Å². The summed E-state index contributed by atoms with van der Waals surface area (Å²) >= 11 is 0. The molecule has 25 heavy (non-hydrogen) atoms. The number of carbonyl (C=O) groups is 1. The largest absolute Gasteiger partial charge is 0.481 e. The number of urea groups is 1. The first kappa shape index (κ1) is 17.2. The number of nitrogens with zero attached hydrogens (tertiary/aromatic N) is 3. The van der Waals surface area contributed by atoms with Crippen molar-refractivity contribution in [3.63, 3.8) is 0 Å². The minimum atomic E-state index is -0.276. The van der Waals surface area contributed by atoms with Gasteiger partial charge in [-0.15, -0.1) is 0 Å². The van der Waals surface area contributed by atoms with Gasteiger partial charge in [-0.05, 0) is 18.5 Å². The molecule has 2 atom stereocenters. The molecule has 0 saturated carbocycles. The first-order valence-electron chi connectivity index (χ1n) is 8.30. The molecule has 3 rings (SSSR count). The number of ether oxygens (including phenoxy) is 1. The molecule has 7 heteroatoms. The van der Waals surface area contributed by atoms with E-state index in [0.29, 0.717) is 30.1 Å². The number of methoxy groups -OCH3 is 1. The molecule has 0 radical (unpaired) electrons. The lowest BCUT2D eigenvalue weighted by Gasteiger charge is -2.19. The molecule has 132 valence electrons. The third kappa shape index (κ3) is 4.45. The van der Waals surface area contributed by atoms with Crippen LogP contribution >= 0.6 is 0 Å². The number of anilines is 1. The third-order valence-corrected chi connectivity index (χ3v) is 4.47. The second-order valence-electron chi connectivity index (χ2n) is 6.28. The first-order chi connectivity index (χ1) is 12.2. The van der Waals surface area contributed by atoms with Gasteiger partial charge < -0.3 is 15.0 Å². The number of hydrogen-bond acceptors (Lipinski definition) is 5. The van der Waals surface area contributed by atoms with Crippen LogP contribution in [-0.2, 0) is 0 Å². The Labute approximate surface area is 147 Å². The molecule has 2 N–H and O–H groups in total. The van der Waals surface area contributed by atoms with Crippen LogP contribution in [0.5, 0.6) is 5.88 Å². The van der Waals surface area contributed by atoms with Crippen LogP contribution in [0.25, 0.3) is 0 Å². The summed E-state index contributed by atoms with van der Waals surface area (Å²) in [7, 11) is 3.63. The fourth-order valence-corrected chi connectivity index (χ4v) is 3.28. The maximum absolute atomic E-state index is 12.2. The Bertz CT molecular complexity index is 710. The standard InChI is InChI=1S/C18H23N5O2/c1-23-10-14(15(11-23)13-6-4-3-5-7-13)9-19-18(24)22-16-8-17(25-2)21-12-20-16/h3-8,12,14-15H,9-11H2,1-2H3,(H2,19,20,21,22,24)/t14-,15+/m1/s1. The van der Waals surface area contributed by atoms with E-state index < -0.39 is 0 Å². The van der Waals surface area contributed by atoms with Crippen LogP contribution in [0.4, 0.5) is 10.6 Å². The zero-order valence-corrected chi connectivity index (χ0v) is 14.5. The molecule has 1 aliphatic rings. The molecule has 0 aliphatic carbocycles. The fraction of sp³-hybridized carbons (Fsp3) is 0.389. The number of carbonyl (C=O) groups excluding carboxylic acids is 1. The molecular weight excluding hydrogens is 318 g/mol. The van der Waals surface area contributed by atoms with E-state index in [-0.39, 0.29) is 6.03 Å². The minimum Gasteiger partial charge on any atom is -0.481 e. The highest BCUT2D eigenvalue weighted by Gasteiger charge is 2.31. The molecule has 2 aromatic rings. The molecule has 1 aromatic carbocycles. The molecule has 7 nitrogen and oxygen atoms in total. The molecule has 2 heterocycles. The Morgan fingerprint density at radius 3 is 2.84 bits per heavy atom. The van der Waals surface area contributed by atoms with Gasteiger partial charge in [0.2, 0.25) is 5.88 Å². The Morgan fingerprint density at radius 1 is 1.28 bits per heavy atom. The van der Waals surface area contributed by atoms with Gasteiger partial charge in [-0.25, -0.2) is 14.8 Å². The van der Waals surface area contributed by atoms with E-state index in [1.165, 1.54) is 19.0 Å². The number of rotatable bonds is 5. The van der Waals surface area contributed by atoms with Crippen molar-refractivity contribution in [2.24, 2.45) is 5.92 Å². The van der Waals surface area contributed by atoms with Crippen LogP contribution in [0, 0.1) is 5.92 Å². The van der Waals surface area contributed by atoms with E-state index in [4.69, 9.17) is 4.74 Å². The summed E-state index contributed by atoms with van der Waals surface area (Å²) in [6.45, 7) is 2.57. The van der Waals surface area contributed by atoms with Crippen LogP contribution in [0.15, 0.2) is 42.7 Å². The maximum atomic E-state index is 12.2. The Morgan fingerprint density at radius 2 is 2.08 bits per heavy atom. The zero-order chi connectivity index (χ0) is 17.6. The molecule has 1 aliphatic heterocycles. The molecule has 1 fully saturated rings. The summed E-state index contributed by atoms with van der Waals surface area (Å²) in [6, 6.07) is 11.8. The zero-order valence-electron chi connectivity index (χ0n) is 14.5. The number of benzene rings is 1. The lowest BCUT2D eigenvalue weighted by atomic mass is 9.89. The number of aromatic nitrogens is 2. The molecule has 1 saturated heterocycles. The second kappa shape index (κ2) is 7.94. The smallest absolute Gasteiger partial charge is 0.320 e. The van der Waals surface area contributed by atoms with Gasteiger partial charge >= 0.3 is 6.03 Å². The van der Waals surface area contributed by atoms with Crippen LogP contribution < -0.4 is 15.4 Å². The van der Waals surface area contributed by atoms with E-state index in [2.05, 4.69) is 56.8 Å². The number of likely N-dealkylation sites (N-methyl/N-ethyl adjacent to an activating group) is 1. The van der Waals surface area contributed by atoms with Gasteiger partial charge in [0.1, 0.15) is 12.1 Å². The molecule has 0 bridgehead atoms. The van der Waals surface area contributed by atoms with Crippen LogP contribution in [0.1, 0.15) is 11.5 Å². The van der Waals surface area contributed by atoms with Gasteiger partial charge in [-0.3, -0.25) is 5.32 Å². The number of nitrogens with one attached hydrogen (secondary N) is 2. The quantitative estimate of drug-likeness (QED) is 0.869. The summed E-state index contributed by atoms with van der Waals surface area (Å²) in [5.41, 5.74) is 1.32. The highest BCUT2D eigenvalue weighted by Crippen LogP contribution is 2.31. The van der Waals surface area contributed by atoms with Gasteiger partial charge in [0.05, 0.1) is 7.11 Å². The Hall–Kier alpha value is -2.67. The third-order valence-electron chi connectivity index (χ3n) is 4.47. The van der Waals surface area contributed by atoms with E-state index in [0.717, 1.165) is 13.1 Å². The van der Waals surface area contributed by atoms with Gasteiger partial charge in [0.15, 0.2) is 0 Å². The number of likely N-dealkylation sites (tertiary alicyclic amines) is 1. The molecule has 0 unspecified atom stereocenters. The van der Waals surface area contributed by atoms with Crippen molar-refractivity contribution in [3.8, 4) is 5.88 Å². The van der Waals surface area contributed by atoms with Crippen molar-refractivity contribution < 1.29 is 9.53 Å². The van der Waals surface area contributed by atoms with Crippen molar-refractivity contribution in [2.45, 2.75) is 5.92 Å². The van der Waals surface area contributed by atoms with Crippen molar-refractivity contribution in [3.05, 3.63) is 48.3 Å². The van der Waals surface area contributed by atoms with Crippen molar-refractivity contribution in [2.75, 3.05) is 39.1 Å². The average molecular weight is 341 g/mol. The predicted octanol–water partition coefficient (Wildman–Crippen LogP) is 1.95. The van der Waals surface area contributed by atoms with E-state index in [1.807, 2.05) is 6.07 Å². The van der Waals surface area contributed by atoms with Crippen LogP contribution in [-0.4, -0.2) is 54.7 Å². The normalized spacial score (nSPS) is 20.2. The van der Waals surface area contributed by atoms with Crippen molar-refractivity contribution in [1.29, 1.82) is 0 Å². The van der Waals surface area contributed by atoms with Gasteiger partial charge in [-0.2, -0.15) is 0 Å². The lowest BCUT2D eigenvalue weighted by molar-refractivity contribution is 0.249. The van der Waals surface area contributed by atoms with Gasteiger partial charge in [0, 0.05) is 31.6 Å². The number of amides is 2. The first-order valence-corrected chi connectivity index (χ1v) is 8.30. The monoisotopic (exact) mass is 341 g/mol. The highest BCUT2D eigenvalue weighted by atomic mass is 16.5. The Balaban J connectivity index is 1.57. The molecule has 1 aromatic heterocycles. The maximum Gasteiger partial charge on any atom is 0.320 e. The van der Waals surface area contributed by atoms with Crippen molar-refractivity contribution in [1.82, 2.24) is 20.2 Å². The van der Waals surface area contributed by atoms with Crippen molar-refractivity contribution >= 4 is 11.8 Å². The predicted molar refractivity (Wildman–Crippen MR) is 95.8 cm³/mol. The van der Waals surface area contributed by atoms with E-state index >= 15 is 0 Å². The lowest BCUT2D eigenvalue weighted by Crippen LogP contribution is -2.35. The average Bonchev–Trinajstić information content (AvgIpc) is 3.01. The topological polar surface area (TPSA) is 79.4 Å². The van der Waals surface area contributed by atoms with Crippen LogP contribution in [0.2, 0.25) is 0 Å². The van der Waals surface area contributed by atoms with Gasteiger partial charge in [0.25, 0.3) is 0 Å². The van der Waals surface area contributed by atoms with Gasteiger partial charge in [-0.1, -0.05) is 30.3 Å². The fourth-order valence-electron chi connectivity index (χ4n) is 3.28. The summed E-state index contributed by atoms with van der Waals surface area (Å²) in [6.07, 6.45) is 1.35. The summed E-state index contributed by atoms with van der Waals surface area (Å²) in [5, 5.41) is 5.66. The summed E-state index contributed by atoms with van der Waals surface area (Å²) < 4.78 is 5.02. The van der Waals surface area contributed by atoms with E-state index in [9.17, 15) is 4.79 Å².